The Morgan fingerprint density at radius 1 is 1.23 bits per heavy atom. The van der Waals surface area contributed by atoms with Crippen molar-refractivity contribution in [3.63, 3.8) is 0 Å². The van der Waals surface area contributed by atoms with Gasteiger partial charge in [-0.05, 0) is 43.2 Å². The average Bonchev–Trinajstić information content (AvgIpc) is 2.54. The molecule has 0 unspecified atom stereocenters. The van der Waals surface area contributed by atoms with E-state index in [1.54, 1.807) is 19.2 Å². The zero-order valence-corrected chi connectivity index (χ0v) is 12.9. The first-order chi connectivity index (χ1) is 10.7. The van der Waals surface area contributed by atoms with Crippen LogP contribution in [0.25, 0.3) is 0 Å². The van der Waals surface area contributed by atoms with Gasteiger partial charge in [-0.25, -0.2) is 9.38 Å². The zero-order valence-electron chi connectivity index (χ0n) is 12.9. The topological polar surface area (TPSA) is 49.3 Å². The number of pyridine rings is 1. The highest BCUT2D eigenvalue weighted by Crippen LogP contribution is 2.09. The summed E-state index contributed by atoms with van der Waals surface area (Å²) in [6, 6.07) is 11.0. The van der Waals surface area contributed by atoms with Crippen LogP contribution in [0, 0.1) is 12.7 Å². The first-order valence-electron chi connectivity index (χ1n) is 7.36. The molecule has 0 aliphatic rings. The number of hydrogen-bond acceptors (Lipinski definition) is 2. The number of benzene rings is 1. The lowest BCUT2D eigenvalue weighted by atomic mass is 10.1. The molecule has 0 atom stereocenters. The lowest BCUT2D eigenvalue weighted by Gasteiger charge is -2.11. The lowest BCUT2D eigenvalue weighted by Crippen LogP contribution is -2.37. The van der Waals surface area contributed by atoms with Gasteiger partial charge in [-0.15, -0.1) is 0 Å². The zero-order chi connectivity index (χ0) is 15.8. The number of aliphatic imine (C=N–C) groups is 1. The van der Waals surface area contributed by atoms with Crippen molar-refractivity contribution in [3.05, 3.63) is 65.2 Å². The van der Waals surface area contributed by atoms with Crippen molar-refractivity contribution in [2.75, 3.05) is 6.54 Å². The monoisotopic (exact) mass is 300 g/mol. The summed E-state index contributed by atoms with van der Waals surface area (Å²) in [5.41, 5.74) is 2.43. The highest BCUT2D eigenvalue weighted by Gasteiger charge is 2.01. The fraction of sp³-hybridized carbons (Fsp3) is 0.294. The van der Waals surface area contributed by atoms with Gasteiger partial charge < -0.3 is 10.6 Å². The normalized spacial score (nSPS) is 11.3. The van der Waals surface area contributed by atoms with Gasteiger partial charge in [0, 0.05) is 12.7 Å². The molecular formula is C17H21FN4. The molecule has 0 spiro atoms. The molecule has 0 amide bonds. The summed E-state index contributed by atoms with van der Waals surface area (Å²) < 4.78 is 13.5. The Labute approximate surface area is 130 Å². The molecule has 22 heavy (non-hydrogen) atoms. The van der Waals surface area contributed by atoms with Crippen LogP contribution in [0.5, 0.6) is 0 Å². The first kappa shape index (κ1) is 15.9. The van der Waals surface area contributed by atoms with E-state index in [-0.39, 0.29) is 5.82 Å². The predicted molar refractivity (Wildman–Crippen MR) is 87.0 cm³/mol. The number of aryl methyl sites for hydroxylation is 1. The van der Waals surface area contributed by atoms with Crippen LogP contribution in [0.15, 0.2) is 47.6 Å². The van der Waals surface area contributed by atoms with E-state index in [0.29, 0.717) is 24.6 Å². The summed E-state index contributed by atoms with van der Waals surface area (Å²) in [5.74, 6) is 0.494. The number of rotatable bonds is 5. The molecule has 2 N–H and O–H groups in total. The third-order valence-electron chi connectivity index (χ3n) is 3.16. The van der Waals surface area contributed by atoms with Crippen molar-refractivity contribution in [1.29, 1.82) is 0 Å². The Morgan fingerprint density at radius 2 is 2.09 bits per heavy atom. The van der Waals surface area contributed by atoms with Crippen molar-refractivity contribution < 1.29 is 4.39 Å². The maximum absolute atomic E-state index is 13.5. The fourth-order valence-electron chi connectivity index (χ4n) is 1.92. The molecule has 0 bridgehead atoms. The van der Waals surface area contributed by atoms with Gasteiger partial charge >= 0.3 is 0 Å². The Morgan fingerprint density at radius 3 is 2.77 bits per heavy atom. The second-order valence-electron chi connectivity index (χ2n) is 4.95. The Bertz CT molecular complexity index is 626. The summed E-state index contributed by atoms with van der Waals surface area (Å²) in [6.45, 7) is 5.53. The van der Waals surface area contributed by atoms with Crippen LogP contribution in [0.4, 0.5) is 4.39 Å². The van der Waals surface area contributed by atoms with E-state index in [4.69, 9.17) is 0 Å². The largest absolute Gasteiger partial charge is 0.357 e. The quantitative estimate of drug-likeness (QED) is 0.659. The molecule has 0 saturated heterocycles. The van der Waals surface area contributed by atoms with Crippen LogP contribution in [-0.2, 0) is 13.1 Å². The van der Waals surface area contributed by atoms with Gasteiger partial charge in [0.05, 0.1) is 18.8 Å². The van der Waals surface area contributed by atoms with Crippen LogP contribution in [0.3, 0.4) is 0 Å². The molecule has 5 heteroatoms. The maximum Gasteiger partial charge on any atom is 0.191 e. The van der Waals surface area contributed by atoms with Crippen LogP contribution >= 0.6 is 0 Å². The van der Waals surface area contributed by atoms with E-state index in [9.17, 15) is 4.39 Å². The van der Waals surface area contributed by atoms with Crippen LogP contribution in [0.1, 0.15) is 23.7 Å². The number of nitrogens with one attached hydrogen (secondary N) is 2. The van der Waals surface area contributed by atoms with Gasteiger partial charge in [0.15, 0.2) is 5.96 Å². The summed E-state index contributed by atoms with van der Waals surface area (Å²) >= 11 is 0. The summed E-state index contributed by atoms with van der Waals surface area (Å²) in [7, 11) is 0. The van der Waals surface area contributed by atoms with Gasteiger partial charge in [0.1, 0.15) is 5.82 Å². The molecule has 116 valence electrons. The molecule has 2 rings (SSSR count). The third kappa shape index (κ3) is 4.84. The second-order valence-corrected chi connectivity index (χ2v) is 4.95. The fourth-order valence-corrected chi connectivity index (χ4v) is 1.92. The Hall–Kier alpha value is -2.43. The van der Waals surface area contributed by atoms with Crippen molar-refractivity contribution >= 4 is 5.96 Å². The van der Waals surface area contributed by atoms with Crippen molar-refractivity contribution in [3.8, 4) is 0 Å². The Balaban J connectivity index is 1.98. The smallest absolute Gasteiger partial charge is 0.191 e. The summed E-state index contributed by atoms with van der Waals surface area (Å²) in [5, 5.41) is 6.38. The molecule has 1 aromatic heterocycles. The number of hydrogen-bond donors (Lipinski definition) is 2. The number of nitrogens with zero attached hydrogens (tertiary/aromatic N) is 2. The average molecular weight is 300 g/mol. The SMILES string of the molecule is CCNC(=NCc1ccc(C)c(F)c1)NCc1ccccn1. The van der Waals surface area contributed by atoms with Gasteiger partial charge in [-0.2, -0.15) is 0 Å². The third-order valence-corrected chi connectivity index (χ3v) is 3.16. The van der Waals surface area contributed by atoms with Crippen LogP contribution < -0.4 is 10.6 Å². The van der Waals surface area contributed by atoms with Crippen molar-refractivity contribution in [2.24, 2.45) is 4.99 Å². The standard InChI is InChI=1S/C17H21FN4/c1-3-19-17(22-12-15-6-4-5-9-20-15)21-11-14-8-7-13(2)16(18)10-14/h4-10H,3,11-12H2,1-2H3,(H2,19,21,22). The molecule has 0 radical (unpaired) electrons. The highest BCUT2D eigenvalue weighted by molar-refractivity contribution is 5.79. The number of guanidine groups is 1. The first-order valence-corrected chi connectivity index (χ1v) is 7.36. The van der Waals surface area contributed by atoms with E-state index < -0.39 is 0 Å². The summed E-state index contributed by atoms with van der Waals surface area (Å²) in [4.78, 5) is 8.73. The molecule has 2 aromatic rings. The molecule has 4 nitrogen and oxygen atoms in total. The minimum atomic E-state index is -0.195. The summed E-state index contributed by atoms with van der Waals surface area (Å²) in [6.07, 6.45) is 1.76. The van der Waals surface area contributed by atoms with Gasteiger partial charge in [0.2, 0.25) is 0 Å². The minimum Gasteiger partial charge on any atom is -0.357 e. The van der Waals surface area contributed by atoms with Crippen molar-refractivity contribution in [1.82, 2.24) is 15.6 Å². The second kappa shape index (κ2) is 8.12. The number of halogens is 1. The van der Waals surface area contributed by atoms with E-state index in [1.165, 1.54) is 6.07 Å². The van der Waals surface area contributed by atoms with E-state index in [1.807, 2.05) is 31.2 Å². The predicted octanol–water partition coefficient (Wildman–Crippen LogP) is 2.78. The van der Waals surface area contributed by atoms with Gasteiger partial charge in [-0.3, -0.25) is 4.98 Å². The minimum absolute atomic E-state index is 0.195. The molecule has 0 fully saturated rings. The van der Waals surface area contributed by atoms with Gasteiger partial charge in [-0.1, -0.05) is 18.2 Å². The Kier molecular flexibility index (Phi) is 5.89. The number of aromatic nitrogens is 1. The molecular weight excluding hydrogens is 279 g/mol. The van der Waals surface area contributed by atoms with Crippen LogP contribution in [-0.4, -0.2) is 17.5 Å². The maximum atomic E-state index is 13.5. The molecule has 0 aliphatic carbocycles. The molecule has 1 heterocycles. The molecule has 1 aromatic carbocycles. The van der Waals surface area contributed by atoms with Gasteiger partial charge in [0.25, 0.3) is 0 Å². The van der Waals surface area contributed by atoms with Crippen molar-refractivity contribution in [2.45, 2.75) is 26.9 Å². The molecule has 0 aliphatic heterocycles. The molecule has 0 saturated carbocycles. The van der Waals surface area contributed by atoms with E-state index in [0.717, 1.165) is 17.8 Å². The van der Waals surface area contributed by atoms with Crippen LogP contribution in [0.2, 0.25) is 0 Å². The van der Waals surface area contributed by atoms with E-state index in [2.05, 4.69) is 20.6 Å². The highest BCUT2D eigenvalue weighted by atomic mass is 19.1. The van der Waals surface area contributed by atoms with E-state index >= 15 is 0 Å². The lowest BCUT2D eigenvalue weighted by molar-refractivity contribution is 0.616.